The minimum Gasteiger partial charge on any atom is -0.480 e. The van der Waals surface area contributed by atoms with Crippen LogP contribution in [-0.4, -0.2) is 35.2 Å². The van der Waals surface area contributed by atoms with E-state index < -0.39 is 18.0 Å². The molecule has 0 spiro atoms. The van der Waals surface area contributed by atoms with Gasteiger partial charge in [0, 0.05) is 13.2 Å². The number of aromatic nitrogens is 1. The van der Waals surface area contributed by atoms with Crippen molar-refractivity contribution in [2.24, 2.45) is 0 Å². The molecule has 92 valence electrons. The van der Waals surface area contributed by atoms with Gasteiger partial charge in [-0.2, -0.15) is 0 Å². The average Bonchev–Trinajstić information content (AvgIpc) is 2.35. The Bertz CT molecular complexity index is 394. The summed E-state index contributed by atoms with van der Waals surface area (Å²) in [5, 5.41) is 11.3. The van der Waals surface area contributed by atoms with E-state index in [1.807, 2.05) is 0 Å². The van der Waals surface area contributed by atoms with E-state index in [9.17, 15) is 9.59 Å². The van der Waals surface area contributed by atoms with E-state index in [4.69, 9.17) is 5.11 Å². The summed E-state index contributed by atoms with van der Waals surface area (Å²) < 4.78 is 0. The summed E-state index contributed by atoms with van der Waals surface area (Å²) in [6.45, 7) is 1.70. The number of urea groups is 1. The Labute approximate surface area is 99.3 Å². The highest BCUT2D eigenvalue weighted by atomic mass is 16.4. The van der Waals surface area contributed by atoms with Crippen molar-refractivity contribution in [2.75, 3.05) is 11.9 Å². The molecule has 1 heterocycles. The van der Waals surface area contributed by atoms with Crippen molar-refractivity contribution in [3.05, 3.63) is 24.5 Å². The largest absolute Gasteiger partial charge is 0.480 e. The molecular weight excluding hydrogens is 222 g/mol. The third-order valence-corrected chi connectivity index (χ3v) is 2.34. The summed E-state index contributed by atoms with van der Waals surface area (Å²) in [6, 6.07) is 2.08. The van der Waals surface area contributed by atoms with Crippen LogP contribution in [0.25, 0.3) is 0 Å². The molecule has 2 N–H and O–H groups in total. The standard InChI is InChI=1S/C11H15N3O3/c1-3-9(10(15)16)13-11(17)14(2)8-5-4-6-12-7-8/h4-7,9H,3H2,1-2H3,(H,13,17)(H,15,16). The van der Waals surface area contributed by atoms with Gasteiger partial charge >= 0.3 is 12.0 Å². The van der Waals surface area contributed by atoms with E-state index in [0.29, 0.717) is 12.1 Å². The molecule has 1 rings (SSSR count). The van der Waals surface area contributed by atoms with Crippen molar-refractivity contribution < 1.29 is 14.7 Å². The molecule has 0 aromatic carbocycles. The SMILES string of the molecule is CCC(NC(=O)N(C)c1cccnc1)C(=O)O. The highest BCUT2D eigenvalue weighted by Gasteiger charge is 2.20. The summed E-state index contributed by atoms with van der Waals surface area (Å²) in [5.74, 6) is -1.04. The maximum atomic E-state index is 11.7. The number of amides is 2. The van der Waals surface area contributed by atoms with Crippen LogP contribution >= 0.6 is 0 Å². The van der Waals surface area contributed by atoms with Crippen molar-refractivity contribution in [3.8, 4) is 0 Å². The lowest BCUT2D eigenvalue weighted by Gasteiger charge is -2.20. The van der Waals surface area contributed by atoms with Gasteiger partial charge < -0.3 is 10.4 Å². The van der Waals surface area contributed by atoms with Crippen LogP contribution in [0.15, 0.2) is 24.5 Å². The Kier molecular flexibility index (Phi) is 4.45. The Balaban J connectivity index is 2.68. The van der Waals surface area contributed by atoms with Gasteiger partial charge in [0.2, 0.25) is 0 Å². The van der Waals surface area contributed by atoms with Crippen LogP contribution in [0.2, 0.25) is 0 Å². The molecule has 0 saturated heterocycles. The lowest BCUT2D eigenvalue weighted by molar-refractivity contribution is -0.139. The van der Waals surface area contributed by atoms with Gasteiger partial charge in [0.15, 0.2) is 0 Å². The summed E-state index contributed by atoms with van der Waals surface area (Å²) in [6.07, 6.45) is 3.46. The van der Waals surface area contributed by atoms with Crippen LogP contribution in [0.3, 0.4) is 0 Å². The fourth-order valence-electron chi connectivity index (χ4n) is 1.25. The number of hydrogen-bond acceptors (Lipinski definition) is 3. The number of aliphatic carboxylic acids is 1. The molecular formula is C11H15N3O3. The summed E-state index contributed by atoms with van der Waals surface area (Å²) >= 11 is 0. The highest BCUT2D eigenvalue weighted by molar-refractivity contribution is 5.93. The predicted octanol–water partition coefficient (Wildman–Crippen LogP) is 1.09. The number of hydrogen-bond donors (Lipinski definition) is 2. The number of pyridine rings is 1. The van der Waals surface area contributed by atoms with Crippen molar-refractivity contribution in [3.63, 3.8) is 0 Å². The first-order valence-electron chi connectivity index (χ1n) is 5.23. The third-order valence-electron chi connectivity index (χ3n) is 2.34. The number of carboxylic acids is 1. The topological polar surface area (TPSA) is 82.5 Å². The van der Waals surface area contributed by atoms with Gasteiger partial charge in [-0.15, -0.1) is 0 Å². The molecule has 0 radical (unpaired) electrons. The fraction of sp³-hybridized carbons (Fsp3) is 0.364. The number of carbonyl (C=O) groups excluding carboxylic acids is 1. The second kappa shape index (κ2) is 5.83. The van der Waals surface area contributed by atoms with E-state index in [2.05, 4.69) is 10.3 Å². The number of carbonyl (C=O) groups is 2. The van der Waals surface area contributed by atoms with E-state index in [1.54, 1.807) is 32.3 Å². The molecule has 0 fully saturated rings. The second-order valence-corrected chi connectivity index (χ2v) is 3.52. The average molecular weight is 237 g/mol. The molecule has 1 unspecified atom stereocenters. The highest BCUT2D eigenvalue weighted by Crippen LogP contribution is 2.09. The van der Waals surface area contributed by atoms with E-state index in [-0.39, 0.29) is 0 Å². The lowest BCUT2D eigenvalue weighted by Crippen LogP contribution is -2.46. The number of nitrogens with zero attached hydrogens (tertiary/aromatic N) is 2. The van der Waals surface area contributed by atoms with Crippen LogP contribution in [0.5, 0.6) is 0 Å². The number of anilines is 1. The van der Waals surface area contributed by atoms with Gasteiger partial charge in [-0.05, 0) is 18.6 Å². The predicted molar refractivity (Wildman–Crippen MR) is 62.9 cm³/mol. The van der Waals surface area contributed by atoms with E-state index in [1.165, 1.54) is 11.1 Å². The zero-order valence-corrected chi connectivity index (χ0v) is 9.75. The summed E-state index contributed by atoms with van der Waals surface area (Å²) in [5.41, 5.74) is 0.602. The number of carboxylic acid groups (broad SMARTS) is 1. The Morgan fingerprint density at radius 1 is 1.59 bits per heavy atom. The molecule has 0 aliphatic rings. The molecule has 6 nitrogen and oxygen atoms in total. The third kappa shape index (κ3) is 3.44. The number of rotatable bonds is 4. The molecule has 0 aliphatic heterocycles. The van der Waals surface area contributed by atoms with Crippen molar-refractivity contribution in [1.29, 1.82) is 0 Å². The van der Waals surface area contributed by atoms with Crippen LogP contribution in [-0.2, 0) is 4.79 Å². The molecule has 2 amide bonds. The minimum absolute atomic E-state index is 0.335. The van der Waals surface area contributed by atoms with Crippen molar-refractivity contribution in [1.82, 2.24) is 10.3 Å². The molecule has 0 saturated carbocycles. The zero-order chi connectivity index (χ0) is 12.8. The van der Waals surface area contributed by atoms with Crippen LogP contribution in [0, 0.1) is 0 Å². The summed E-state index contributed by atoms with van der Waals surface area (Å²) in [7, 11) is 1.56. The van der Waals surface area contributed by atoms with Gasteiger partial charge in [0.1, 0.15) is 6.04 Å². The quantitative estimate of drug-likeness (QED) is 0.821. The Hall–Kier alpha value is -2.11. The smallest absolute Gasteiger partial charge is 0.326 e. The van der Waals surface area contributed by atoms with Gasteiger partial charge in [-0.25, -0.2) is 9.59 Å². The normalized spacial score (nSPS) is 11.6. The molecule has 17 heavy (non-hydrogen) atoms. The maximum absolute atomic E-state index is 11.7. The monoisotopic (exact) mass is 237 g/mol. The van der Waals surface area contributed by atoms with E-state index >= 15 is 0 Å². The first-order chi connectivity index (χ1) is 8.06. The molecule has 0 aliphatic carbocycles. The molecule has 0 bridgehead atoms. The van der Waals surface area contributed by atoms with Gasteiger partial charge in [0.05, 0.1) is 11.9 Å². The van der Waals surface area contributed by atoms with E-state index in [0.717, 1.165) is 0 Å². The van der Waals surface area contributed by atoms with Gasteiger partial charge in [0.25, 0.3) is 0 Å². The second-order valence-electron chi connectivity index (χ2n) is 3.52. The van der Waals surface area contributed by atoms with Gasteiger partial charge in [-0.1, -0.05) is 6.92 Å². The minimum atomic E-state index is -1.04. The van der Waals surface area contributed by atoms with Crippen LogP contribution in [0.4, 0.5) is 10.5 Å². The first kappa shape index (κ1) is 13.0. The molecule has 1 atom stereocenters. The molecule has 1 aromatic heterocycles. The van der Waals surface area contributed by atoms with Crippen molar-refractivity contribution >= 4 is 17.7 Å². The fourth-order valence-corrected chi connectivity index (χ4v) is 1.25. The van der Waals surface area contributed by atoms with Crippen LogP contribution in [0.1, 0.15) is 13.3 Å². The lowest BCUT2D eigenvalue weighted by atomic mass is 10.2. The van der Waals surface area contributed by atoms with Crippen LogP contribution < -0.4 is 10.2 Å². The Morgan fingerprint density at radius 2 is 2.29 bits per heavy atom. The summed E-state index contributed by atoms with van der Waals surface area (Å²) in [4.78, 5) is 27.7. The Morgan fingerprint density at radius 3 is 2.76 bits per heavy atom. The molecule has 1 aromatic rings. The molecule has 6 heteroatoms. The number of nitrogens with one attached hydrogen (secondary N) is 1. The maximum Gasteiger partial charge on any atom is 0.326 e. The van der Waals surface area contributed by atoms with Crippen molar-refractivity contribution in [2.45, 2.75) is 19.4 Å². The zero-order valence-electron chi connectivity index (χ0n) is 9.75. The first-order valence-corrected chi connectivity index (χ1v) is 5.23. The van der Waals surface area contributed by atoms with Gasteiger partial charge in [-0.3, -0.25) is 9.88 Å².